The number of imidazole rings is 1. The molecule has 3 N–H and O–H groups in total. The molecule has 0 atom stereocenters. The van der Waals surface area contributed by atoms with Crippen LogP contribution in [0.2, 0.25) is 0 Å². The summed E-state index contributed by atoms with van der Waals surface area (Å²) in [6, 6.07) is 13.8. The van der Waals surface area contributed by atoms with Crippen molar-refractivity contribution in [1.82, 2.24) is 20.2 Å². The lowest BCUT2D eigenvalue weighted by Crippen LogP contribution is -2.28. The normalized spacial score (nSPS) is 10.7. The molecular formula is C23H25FN4O3S. The molecule has 2 aromatic carbocycles. The van der Waals surface area contributed by atoms with E-state index in [1.807, 2.05) is 31.2 Å². The van der Waals surface area contributed by atoms with E-state index < -0.39 is 0 Å². The van der Waals surface area contributed by atoms with Gasteiger partial charge in [0.05, 0.1) is 24.3 Å². The van der Waals surface area contributed by atoms with Gasteiger partial charge < -0.3 is 20.3 Å². The molecule has 7 nitrogen and oxygen atoms in total. The average Bonchev–Trinajstić information content (AvgIpc) is 3.18. The summed E-state index contributed by atoms with van der Waals surface area (Å²) in [7, 11) is 0. The third-order valence-corrected chi connectivity index (χ3v) is 5.70. The molecule has 3 aromatic rings. The molecule has 0 aliphatic heterocycles. The highest BCUT2D eigenvalue weighted by Gasteiger charge is 2.15. The number of halogens is 1. The summed E-state index contributed by atoms with van der Waals surface area (Å²) in [4.78, 5) is 28.8. The van der Waals surface area contributed by atoms with Gasteiger partial charge in [-0.3, -0.25) is 9.59 Å². The van der Waals surface area contributed by atoms with Crippen molar-refractivity contribution in [3.8, 4) is 0 Å². The summed E-state index contributed by atoms with van der Waals surface area (Å²) >= 11 is 1.18. The molecule has 0 fully saturated rings. The number of nitrogens with one attached hydrogen (secondary N) is 2. The van der Waals surface area contributed by atoms with Crippen LogP contribution in [0.5, 0.6) is 0 Å². The SMILES string of the molecule is Cc1ccc(CNC(=O)Cn2c(CO)cnc2SCC(=O)NCc2ccc(F)cc2)cc1. The Hall–Kier alpha value is -3.17. The molecule has 3 rings (SSSR count). The lowest BCUT2D eigenvalue weighted by molar-refractivity contribution is -0.122. The third-order valence-electron chi connectivity index (χ3n) is 4.71. The second-order valence-corrected chi connectivity index (χ2v) is 8.17. The first-order valence-corrected chi connectivity index (χ1v) is 11.0. The molecule has 0 aliphatic rings. The zero-order chi connectivity index (χ0) is 22.9. The van der Waals surface area contributed by atoms with Crippen molar-refractivity contribution in [3.05, 3.63) is 82.9 Å². The molecule has 9 heteroatoms. The van der Waals surface area contributed by atoms with Gasteiger partial charge >= 0.3 is 0 Å². The van der Waals surface area contributed by atoms with E-state index in [-0.39, 0.29) is 43.1 Å². The Kier molecular flexibility index (Phi) is 8.41. The van der Waals surface area contributed by atoms with E-state index in [1.54, 1.807) is 16.7 Å². The zero-order valence-electron chi connectivity index (χ0n) is 17.7. The molecule has 1 aromatic heterocycles. The Morgan fingerprint density at radius 3 is 2.22 bits per heavy atom. The fourth-order valence-corrected chi connectivity index (χ4v) is 3.72. The number of hydrogen-bond acceptors (Lipinski definition) is 5. The molecule has 0 saturated heterocycles. The molecule has 0 unspecified atom stereocenters. The third kappa shape index (κ3) is 6.93. The highest BCUT2D eigenvalue weighted by Crippen LogP contribution is 2.19. The highest BCUT2D eigenvalue weighted by atomic mass is 32.2. The molecule has 32 heavy (non-hydrogen) atoms. The van der Waals surface area contributed by atoms with Gasteiger partial charge in [-0.1, -0.05) is 53.7 Å². The summed E-state index contributed by atoms with van der Waals surface area (Å²) in [5.41, 5.74) is 3.42. The number of aliphatic hydroxyl groups is 1. The molecule has 0 spiro atoms. The van der Waals surface area contributed by atoms with E-state index in [1.165, 1.54) is 30.1 Å². The Balaban J connectivity index is 1.51. The van der Waals surface area contributed by atoms with Crippen LogP contribution in [-0.2, 0) is 35.8 Å². The van der Waals surface area contributed by atoms with Crippen LogP contribution in [0.1, 0.15) is 22.4 Å². The average molecular weight is 457 g/mol. The van der Waals surface area contributed by atoms with Crippen LogP contribution in [0.15, 0.2) is 59.9 Å². The lowest BCUT2D eigenvalue weighted by Gasteiger charge is -2.11. The number of carbonyl (C=O) groups excluding carboxylic acids is 2. The van der Waals surface area contributed by atoms with E-state index in [4.69, 9.17) is 0 Å². The minimum Gasteiger partial charge on any atom is -0.390 e. The molecule has 0 radical (unpaired) electrons. The first-order chi connectivity index (χ1) is 15.4. The second kappa shape index (κ2) is 11.4. The topological polar surface area (TPSA) is 96.2 Å². The summed E-state index contributed by atoms with van der Waals surface area (Å²) in [6.07, 6.45) is 1.49. The van der Waals surface area contributed by atoms with E-state index >= 15 is 0 Å². The lowest BCUT2D eigenvalue weighted by atomic mass is 10.1. The number of amides is 2. The van der Waals surface area contributed by atoms with Gasteiger partial charge in [0.15, 0.2) is 5.16 Å². The van der Waals surface area contributed by atoms with Crippen molar-refractivity contribution in [2.45, 2.75) is 38.3 Å². The fraction of sp³-hybridized carbons (Fsp3) is 0.261. The quantitative estimate of drug-likeness (QED) is 0.408. The molecule has 0 aliphatic carbocycles. The van der Waals surface area contributed by atoms with Gasteiger partial charge in [-0.25, -0.2) is 9.37 Å². The Morgan fingerprint density at radius 2 is 1.59 bits per heavy atom. The van der Waals surface area contributed by atoms with Crippen molar-refractivity contribution in [2.24, 2.45) is 0 Å². The van der Waals surface area contributed by atoms with Gasteiger partial charge in [-0.05, 0) is 30.2 Å². The number of hydrogen-bond donors (Lipinski definition) is 3. The van der Waals surface area contributed by atoms with E-state index in [2.05, 4.69) is 15.6 Å². The Morgan fingerprint density at radius 1 is 1.00 bits per heavy atom. The predicted octanol–water partition coefficient (Wildman–Crippen LogP) is 2.55. The molecular weight excluding hydrogens is 431 g/mol. The second-order valence-electron chi connectivity index (χ2n) is 7.23. The monoisotopic (exact) mass is 456 g/mol. The van der Waals surface area contributed by atoms with E-state index in [0.29, 0.717) is 17.4 Å². The predicted molar refractivity (Wildman–Crippen MR) is 120 cm³/mol. The van der Waals surface area contributed by atoms with Gasteiger partial charge in [0.1, 0.15) is 12.4 Å². The van der Waals surface area contributed by atoms with Crippen molar-refractivity contribution < 1.29 is 19.1 Å². The van der Waals surface area contributed by atoms with Crippen LogP contribution in [0.3, 0.4) is 0 Å². The summed E-state index contributed by atoms with van der Waals surface area (Å²) < 4.78 is 14.6. The van der Waals surface area contributed by atoms with Crippen molar-refractivity contribution in [3.63, 3.8) is 0 Å². The summed E-state index contributed by atoms with van der Waals surface area (Å²) in [5.74, 6) is -0.678. The van der Waals surface area contributed by atoms with Gasteiger partial charge in [0.2, 0.25) is 11.8 Å². The highest BCUT2D eigenvalue weighted by molar-refractivity contribution is 7.99. The van der Waals surface area contributed by atoms with Gasteiger partial charge in [0.25, 0.3) is 0 Å². The Bertz CT molecular complexity index is 1050. The maximum absolute atomic E-state index is 13.0. The molecule has 0 bridgehead atoms. The number of aromatic nitrogens is 2. The van der Waals surface area contributed by atoms with Crippen LogP contribution < -0.4 is 10.6 Å². The largest absolute Gasteiger partial charge is 0.390 e. The molecule has 2 amide bonds. The number of aliphatic hydroxyl groups excluding tert-OH is 1. The van der Waals surface area contributed by atoms with Gasteiger partial charge in [0, 0.05) is 13.1 Å². The van der Waals surface area contributed by atoms with E-state index in [9.17, 15) is 19.1 Å². The number of nitrogens with zero attached hydrogens (tertiary/aromatic N) is 2. The zero-order valence-corrected chi connectivity index (χ0v) is 18.5. The standard InChI is InChI=1S/C23H25FN4O3S/c1-16-2-4-17(5-3-16)10-25-21(30)13-28-20(14-29)12-27-23(28)32-15-22(31)26-11-18-6-8-19(24)9-7-18/h2-9,12,29H,10-11,13-15H2,1H3,(H,25,30)(H,26,31). The minimum absolute atomic E-state index is 0.0126. The van der Waals surface area contributed by atoms with Crippen molar-refractivity contribution in [1.29, 1.82) is 0 Å². The summed E-state index contributed by atoms with van der Waals surface area (Å²) in [5, 5.41) is 15.7. The Labute approximate surface area is 190 Å². The number of benzene rings is 2. The molecule has 0 saturated carbocycles. The van der Waals surface area contributed by atoms with Crippen LogP contribution in [0.4, 0.5) is 4.39 Å². The maximum atomic E-state index is 13.0. The van der Waals surface area contributed by atoms with Crippen LogP contribution in [-0.4, -0.2) is 32.2 Å². The van der Waals surface area contributed by atoms with Gasteiger partial charge in [-0.15, -0.1) is 0 Å². The first kappa shape index (κ1) is 23.5. The fourth-order valence-electron chi connectivity index (χ4n) is 2.89. The van der Waals surface area contributed by atoms with Gasteiger partial charge in [-0.2, -0.15) is 0 Å². The first-order valence-electron chi connectivity index (χ1n) is 10.1. The van der Waals surface area contributed by atoms with Crippen LogP contribution in [0, 0.1) is 12.7 Å². The van der Waals surface area contributed by atoms with Crippen LogP contribution in [0.25, 0.3) is 0 Å². The van der Waals surface area contributed by atoms with E-state index in [0.717, 1.165) is 16.7 Å². The summed E-state index contributed by atoms with van der Waals surface area (Å²) in [6.45, 7) is 2.41. The minimum atomic E-state index is -0.329. The molecule has 1 heterocycles. The van der Waals surface area contributed by atoms with Crippen molar-refractivity contribution >= 4 is 23.6 Å². The van der Waals surface area contributed by atoms with Crippen LogP contribution >= 0.6 is 11.8 Å². The number of thioether (sulfide) groups is 1. The maximum Gasteiger partial charge on any atom is 0.240 e. The van der Waals surface area contributed by atoms with Crippen molar-refractivity contribution in [2.75, 3.05) is 5.75 Å². The molecule has 168 valence electrons. The number of carbonyl (C=O) groups is 2. The number of aryl methyl sites for hydroxylation is 1. The number of rotatable bonds is 10. The smallest absolute Gasteiger partial charge is 0.240 e.